The summed E-state index contributed by atoms with van der Waals surface area (Å²) in [4.78, 5) is 25.0. The van der Waals surface area contributed by atoms with Gasteiger partial charge in [0.2, 0.25) is 0 Å². The molecular formula is C28H18O3. The summed E-state index contributed by atoms with van der Waals surface area (Å²) in [5.74, 6) is 16.0. The highest BCUT2D eigenvalue weighted by atomic mass is 16.5. The van der Waals surface area contributed by atoms with Crippen LogP contribution in [0.5, 0.6) is 5.75 Å². The van der Waals surface area contributed by atoms with Crippen LogP contribution in [-0.2, 0) is 0 Å². The smallest absolute Gasteiger partial charge is 0.343 e. The average molecular weight is 402 g/mol. The van der Waals surface area contributed by atoms with Gasteiger partial charge in [0.25, 0.3) is 0 Å². The lowest BCUT2D eigenvalue weighted by molar-refractivity contribution is 0.0734. The van der Waals surface area contributed by atoms with E-state index in [2.05, 4.69) is 35.5 Å². The lowest BCUT2D eigenvalue weighted by Crippen LogP contribution is -2.09. The Morgan fingerprint density at radius 1 is 0.677 bits per heavy atom. The molecule has 0 aliphatic rings. The van der Waals surface area contributed by atoms with Crippen LogP contribution in [-0.4, -0.2) is 11.8 Å². The fourth-order valence-corrected chi connectivity index (χ4v) is 2.63. The molecule has 0 aliphatic heterocycles. The molecule has 148 valence electrons. The number of carbonyl (C=O) groups is 2. The van der Waals surface area contributed by atoms with E-state index in [-0.39, 0.29) is 5.78 Å². The second-order valence-corrected chi connectivity index (χ2v) is 6.56. The summed E-state index contributed by atoms with van der Waals surface area (Å²) in [5.41, 5.74) is 3.22. The molecule has 3 heteroatoms. The molecule has 0 fully saturated rings. The summed E-state index contributed by atoms with van der Waals surface area (Å²) in [7, 11) is 0. The van der Waals surface area contributed by atoms with E-state index in [0.29, 0.717) is 22.4 Å². The lowest BCUT2D eigenvalue weighted by atomic mass is 10.0. The van der Waals surface area contributed by atoms with Crippen LogP contribution in [0, 0.1) is 42.4 Å². The molecule has 0 bridgehead atoms. The van der Waals surface area contributed by atoms with Crippen molar-refractivity contribution < 1.29 is 14.3 Å². The van der Waals surface area contributed by atoms with Gasteiger partial charge in [-0.1, -0.05) is 41.7 Å². The Morgan fingerprint density at radius 2 is 1.23 bits per heavy atom. The Kier molecular flexibility index (Phi) is 7.05. The minimum Gasteiger partial charge on any atom is -0.423 e. The Morgan fingerprint density at radius 3 is 1.84 bits per heavy atom. The Hall–Kier alpha value is -4.52. The number of hydrogen-bond donors (Lipinski definition) is 0. The molecule has 0 saturated heterocycles. The molecule has 0 aromatic heterocycles. The molecule has 0 heterocycles. The van der Waals surface area contributed by atoms with Crippen molar-refractivity contribution in [1.82, 2.24) is 0 Å². The normalized spacial score (nSPS) is 9.10. The van der Waals surface area contributed by atoms with Gasteiger partial charge < -0.3 is 4.74 Å². The number of hydrogen-bond acceptors (Lipinski definition) is 3. The Labute approximate surface area is 182 Å². The fourth-order valence-electron chi connectivity index (χ4n) is 2.63. The number of benzene rings is 3. The highest BCUT2D eigenvalue weighted by Crippen LogP contribution is 2.16. The maximum atomic E-state index is 12.7. The molecule has 3 rings (SSSR count). The molecule has 0 radical (unpaired) electrons. The van der Waals surface area contributed by atoms with E-state index in [1.54, 1.807) is 67.6 Å². The molecule has 3 nitrogen and oxygen atoms in total. The lowest BCUT2D eigenvalue weighted by Gasteiger charge is -2.06. The second kappa shape index (κ2) is 10.3. The number of carbonyl (C=O) groups excluding carboxylic acids is 2. The Balaban J connectivity index is 1.67. The van der Waals surface area contributed by atoms with E-state index in [4.69, 9.17) is 4.74 Å². The molecule has 31 heavy (non-hydrogen) atoms. The first-order valence-corrected chi connectivity index (χ1v) is 9.53. The van der Waals surface area contributed by atoms with Crippen molar-refractivity contribution in [2.24, 2.45) is 0 Å². The summed E-state index contributed by atoms with van der Waals surface area (Å²) in [6.07, 6.45) is 0. The SMILES string of the molecule is CC#CC#CC#Cc1ccc(C(=O)c2ccc(C(=O)Oc3ccc(C)cc3)cc2)cc1. The van der Waals surface area contributed by atoms with Crippen LogP contribution in [0.2, 0.25) is 0 Å². The van der Waals surface area contributed by atoms with Crippen LogP contribution in [0.15, 0.2) is 72.8 Å². The van der Waals surface area contributed by atoms with Crippen molar-refractivity contribution in [3.8, 4) is 41.3 Å². The number of rotatable bonds is 4. The third-order valence-electron chi connectivity index (χ3n) is 4.28. The molecular weight excluding hydrogens is 384 g/mol. The second-order valence-electron chi connectivity index (χ2n) is 6.56. The van der Waals surface area contributed by atoms with Crippen molar-refractivity contribution >= 4 is 11.8 Å². The van der Waals surface area contributed by atoms with Crippen molar-refractivity contribution in [2.75, 3.05) is 0 Å². The van der Waals surface area contributed by atoms with Gasteiger partial charge in [-0.25, -0.2) is 4.79 Å². The average Bonchev–Trinajstić information content (AvgIpc) is 2.80. The minimum absolute atomic E-state index is 0.143. The molecule has 0 atom stereocenters. The predicted molar refractivity (Wildman–Crippen MR) is 121 cm³/mol. The summed E-state index contributed by atoms with van der Waals surface area (Å²) >= 11 is 0. The summed E-state index contributed by atoms with van der Waals surface area (Å²) in [6.45, 7) is 3.67. The van der Waals surface area contributed by atoms with Crippen LogP contribution >= 0.6 is 0 Å². The van der Waals surface area contributed by atoms with Gasteiger partial charge >= 0.3 is 5.97 Å². The number of ether oxygens (including phenoxy) is 1. The predicted octanol–water partition coefficient (Wildman–Crippen LogP) is 4.82. The molecule has 0 amide bonds. The fraction of sp³-hybridized carbons (Fsp3) is 0.0714. The number of esters is 1. The van der Waals surface area contributed by atoms with Gasteiger partial charge in [-0.3, -0.25) is 4.79 Å². The van der Waals surface area contributed by atoms with E-state index in [9.17, 15) is 9.59 Å². The zero-order valence-electron chi connectivity index (χ0n) is 17.2. The largest absolute Gasteiger partial charge is 0.423 e. The van der Waals surface area contributed by atoms with E-state index in [0.717, 1.165) is 11.1 Å². The van der Waals surface area contributed by atoms with Gasteiger partial charge in [-0.2, -0.15) is 0 Å². The number of aryl methyl sites for hydroxylation is 1. The molecule has 0 unspecified atom stereocenters. The molecule has 0 N–H and O–H groups in total. The molecule has 3 aromatic carbocycles. The highest BCUT2D eigenvalue weighted by molar-refractivity contribution is 6.09. The topological polar surface area (TPSA) is 43.4 Å². The monoisotopic (exact) mass is 402 g/mol. The van der Waals surface area contributed by atoms with E-state index >= 15 is 0 Å². The van der Waals surface area contributed by atoms with Gasteiger partial charge in [0.05, 0.1) is 5.56 Å². The number of ketones is 1. The Bertz CT molecular complexity index is 1280. The first-order valence-electron chi connectivity index (χ1n) is 9.53. The third kappa shape index (κ3) is 5.98. The first kappa shape index (κ1) is 21.2. The highest BCUT2D eigenvalue weighted by Gasteiger charge is 2.12. The third-order valence-corrected chi connectivity index (χ3v) is 4.28. The maximum absolute atomic E-state index is 12.7. The van der Waals surface area contributed by atoms with Gasteiger partial charge in [0.1, 0.15) is 5.75 Å². The van der Waals surface area contributed by atoms with Crippen molar-refractivity contribution in [2.45, 2.75) is 13.8 Å². The van der Waals surface area contributed by atoms with Crippen LogP contribution in [0.1, 0.15) is 44.3 Å². The van der Waals surface area contributed by atoms with Gasteiger partial charge in [0.15, 0.2) is 5.78 Å². The van der Waals surface area contributed by atoms with Gasteiger partial charge in [-0.15, -0.1) is 0 Å². The molecule has 0 saturated carbocycles. The maximum Gasteiger partial charge on any atom is 0.343 e. The van der Waals surface area contributed by atoms with Crippen molar-refractivity contribution in [3.63, 3.8) is 0 Å². The summed E-state index contributed by atoms with van der Waals surface area (Å²) in [6, 6.07) is 20.6. The van der Waals surface area contributed by atoms with E-state index < -0.39 is 5.97 Å². The summed E-state index contributed by atoms with van der Waals surface area (Å²) < 4.78 is 5.35. The molecule has 0 spiro atoms. The quantitative estimate of drug-likeness (QED) is 0.272. The van der Waals surface area contributed by atoms with Crippen LogP contribution in [0.4, 0.5) is 0 Å². The summed E-state index contributed by atoms with van der Waals surface area (Å²) in [5, 5.41) is 0. The van der Waals surface area contributed by atoms with Crippen molar-refractivity contribution in [1.29, 1.82) is 0 Å². The zero-order valence-corrected chi connectivity index (χ0v) is 17.2. The van der Waals surface area contributed by atoms with Crippen LogP contribution in [0.25, 0.3) is 0 Å². The molecule has 0 aliphatic carbocycles. The van der Waals surface area contributed by atoms with E-state index in [1.807, 2.05) is 19.1 Å². The molecule has 3 aromatic rings. The van der Waals surface area contributed by atoms with E-state index in [1.165, 1.54) is 0 Å². The van der Waals surface area contributed by atoms with Crippen molar-refractivity contribution in [3.05, 3.63) is 101 Å². The zero-order chi connectivity index (χ0) is 22.1. The van der Waals surface area contributed by atoms with Gasteiger partial charge in [-0.05, 0) is 86.1 Å². The van der Waals surface area contributed by atoms with Gasteiger partial charge in [0, 0.05) is 16.7 Å². The minimum atomic E-state index is -0.473. The van der Waals surface area contributed by atoms with Crippen LogP contribution in [0.3, 0.4) is 0 Å². The first-order chi connectivity index (χ1) is 15.1. The standard InChI is InChI=1S/C28H18O3/c1-3-4-5-6-7-8-22-11-13-23(14-12-22)27(29)24-15-17-25(18-16-24)28(30)31-26-19-9-21(2)10-20-26/h9-20H,1-2H3. The van der Waals surface area contributed by atoms with Crippen LogP contribution < -0.4 is 4.74 Å².